The Balaban J connectivity index is 1.63. The molecule has 0 saturated heterocycles. The second-order valence-corrected chi connectivity index (χ2v) is 7.08. The van der Waals surface area contributed by atoms with Crippen LogP contribution < -0.4 is 9.47 Å². The number of furan rings is 1. The molecule has 29 heavy (non-hydrogen) atoms. The molecule has 2 aromatic carbocycles. The smallest absolute Gasteiger partial charge is 0.214 e. The number of hydrogen-bond acceptors (Lipinski definition) is 5. The van der Waals surface area contributed by atoms with Gasteiger partial charge in [-0.15, -0.1) is 0 Å². The van der Waals surface area contributed by atoms with Crippen LogP contribution in [0.15, 0.2) is 58.0 Å². The van der Waals surface area contributed by atoms with Crippen molar-refractivity contribution in [1.82, 2.24) is 5.01 Å². The highest BCUT2D eigenvalue weighted by molar-refractivity contribution is 5.99. The van der Waals surface area contributed by atoms with E-state index in [2.05, 4.69) is 0 Å². The second-order valence-electron chi connectivity index (χ2n) is 7.08. The quantitative estimate of drug-likeness (QED) is 0.617. The highest BCUT2D eigenvalue weighted by Gasteiger charge is 2.42. The van der Waals surface area contributed by atoms with Crippen molar-refractivity contribution in [3.63, 3.8) is 0 Å². The summed E-state index contributed by atoms with van der Waals surface area (Å²) in [5.41, 5.74) is 2.16. The lowest BCUT2D eigenvalue weighted by Crippen LogP contribution is -2.34. The van der Waals surface area contributed by atoms with Gasteiger partial charge in [0.25, 0.3) is 0 Å². The normalized spacial score (nSPS) is 20.0. The van der Waals surface area contributed by atoms with Crippen LogP contribution in [0.1, 0.15) is 41.3 Å². The molecule has 0 aliphatic carbocycles. The monoisotopic (exact) mass is 396 g/mol. The van der Waals surface area contributed by atoms with Gasteiger partial charge in [-0.3, -0.25) is 0 Å². The predicted octanol–water partition coefficient (Wildman–Crippen LogP) is 5.12. The molecular formula is C22H18F2N2O3. The maximum absolute atomic E-state index is 13.9. The van der Waals surface area contributed by atoms with Crippen LogP contribution in [0.3, 0.4) is 0 Å². The highest BCUT2D eigenvalue weighted by Crippen LogP contribution is 2.50. The van der Waals surface area contributed by atoms with E-state index in [0.29, 0.717) is 29.2 Å². The summed E-state index contributed by atoms with van der Waals surface area (Å²) >= 11 is 0. The third-order valence-corrected chi connectivity index (χ3v) is 5.25. The van der Waals surface area contributed by atoms with Gasteiger partial charge < -0.3 is 13.9 Å². The second kappa shape index (κ2) is 6.62. The van der Waals surface area contributed by atoms with Crippen molar-refractivity contribution < 1.29 is 22.7 Å². The number of para-hydroxylation sites is 1. The van der Waals surface area contributed by atoms with Gasteiger partial charge in [-0.05, 0) is 37.3 Å². The Morgan fingerprint density at radius 3 is 2.69 bits per heavy atom. The first kappa shape index (κ1) is 17.7. The van der Waals surface area contributed by atoms with E-state index in [0.717, 1.165) is 29.2 Å². The standard InChI is InChI=1S/C22H18F2N2O3/c1-12-6-9-19(28-12)17-11-18-14-4-3-5-20(27-2)21(14)29-22(26(18)25-17)13-7-8-15(23)16(24)10-13/h3-10,18,22H,11H2,1-2H3/t18-,22+/m1/s1. The van der Waals surface area contributed by atoms with E-state index in [1.54, 1.807) is 12.1 Å². The summed E-state index contributed by atoms with van der Waals surface area (Å²) in [5, 5.41) is 6.51. The first-order valence-electron chi connectivity index (χ1n) is 9.26. The molecule has 5 nitrogen and oxygen atoms in total. The van der Waals surface area contributed by atoms with Gasteiger partial charge in [0.1, 0.15) is 17.2 Å². The van der Waals surface area contributed by atoms with Gasteiger partial charge in [0.15, 0.2) is 23.1 Å². The number of ether oxygens (including phenoxy) is 2. The first-order valence-corrected chi connectivity index (χ1v) is 9.26. The molecule has 0 N–H and O–H groups in total. The Kier molecular flexibility index (Phi) is 4.04. The third kappa shape index (κ3) is 2.85. The van der Waals surface area contributed by atoms with E-state index in [1.165, 1.54) is 6.07 Å². The molecule has 0 amide bonds. The zero-order valence-electron chi connectivity index (χ0n) is 15.9. The van der Waals surface area contributed by atoms with Crippen molar-refractivity contribution in [2.75, 3.05) is 7.11 Å². The van der Waals surface area contributed by atoms with E-state index in [1.807, 2.05) is 37.3 Å². The molecule has 0 bridgehead atoms. The number of hydrogen-bond donors (Lipinski definition) is 0. The van der Waals surface area contributed by atoms with Gasteiger partial charge in [0, 0.05) is 17.5 Å². The van der Waals surface area contributed by atoms with Crippen molar-refractivity contribution >= 4 is 5.71 Å². The van der Waals surface area contributed by atoms with Crippen LogP contribution in [0.25, 0.3) is 0 Å². The minimum atomic E-state index is -0.932. The van der Waals surface area contributed by atoms with Crippen LogP contribution in [-0.2, 0) is 0 Å². The molecule has 2 aliphatic heterocycles. The Hall–Kier alpha value is -3.35. The molecule has 2 atom stereocenters. The number of methoxy groups -OCH3 is 1. The maximum Gasteiger partial charge on any atom is 0.214 e. The number of aryl methyl sites for hydroxylation is 1. The van der Waals surface area contributed by atoms with E-state index in [-0.39, 0.29) is 6.04 Å². The predicted molar refractivity (Wildman–Crippen MR) is 102 cm³/mol. The van der Waals surface area contributed by atoms with Gasteiger partial charge >= 0.3 is 0 Å². The molecule has 0 unspecified atom stereocenters. The van der Waals surface area contributed by atoms with E-state index < -0.39 is 17.9 Å². The molecule has 0 fully saturated rings. The number of hydrazone groups is 1. The summed E-state index contributed by atoms with van der Waals surface area (Å²) in [4.78, 5) is 0. The molecule has 3 aromatic rings. The fraction of sp³-hybridized carbons (Fsp3) is 0.227. The average Bonchev–Trinajstić information content (AvgIpc) is 3.35. The van der Waals surface area contributed by atoms with Gasteiger partial charge in [0.2, 0.25) is 6.23 Å². The van der Waals surface area contributed by atoms with Crippen LogP contribution >= 0.6 is 0 Å². The molecular weight excluding hydrogens is 378 g/mol. The van der Waals surface area contributed by atoms with Crippen molar-refractivity contribution in [3.05, 3.63) is 82.8 Å². The summed E-state index contributed by atoms with van der Waals surface area (Å²) in [6.07, 6.45) is -0.135. The molecule has 1 aromatic heterocycles. The highest BCUT2D eigenvalue weighted by atomic mass is 19.2. The van der Waals surface area contributed by atoms with Crippen molar-refractivity contribution in [3.8, 4) is 11.5 Å². The zero-order valence-corrected chi connectivity index (χ0v) is 15.9. The summed E-state index contributed by atoms with van der Waals surface area (Å²) in [7, 11) is 1.57. The molecule has 0 radical (unpaired) electrons. The Morgan fingerprint density at radius 1 is 1.10 bits per heavy atom. The largest absolute Gasteiger partial charge is 0.493 e. The first-order chi connectivity index (χ1) is 14.0. The Morgan fingerprint density at radius 2 is 1.97 bits per heavy atom. The molecule has 0 spiro atoms. The lowest BCUT2D eigenvalue weighted by atomic mass is 9.97. The Labute approximate surface area is 166 Å². The minimum absolute atomic E-state index is 0.146. The van der Waals surface area contributed by atoms with Crippen molar-refractivity contribution in [2.45, 2.75) is 25.6 Å². The molecule has 2 aliphatic rings. The number of nitrogens with zero attached hydrogens (tertiary/aromatic N) is 2. The maximum atomic E-state index is 13.9. The van der Waals surface area contributed by atoms with Crippen LogP contribution in [0.5, 0.6) is 11.5 Å². The van der Waals surface area contributed by atoms with Crippen LogP contribution in [-0.4, -0.2) is 17.8 Å². The van der Waals surface area contributed by atoms with Crippen LogP contribution in [0.2, 0.25) is 0 Å². The van der Waals surface area contributed by atoms with Gasteiger partial charge in [-0.1, -0.05) is 18.2 Å². The van der Waals surface area contributed by atoms with Gasteiger partial charge in [-0.2, -0.15) is 5.10 Å². The molecule has 0 saturated carbocycles. The fourth-order valence-electron chi connectivity index (χ4n) is 3.87. The minimum Gasteiger partial charge on any atom is -0.493 e. The van der Waals surface area contributed by atoms with E-state index >= 15 is 0 Å². The number of fused-ring (bicyclic) bond motifs is 3. The average molecular weight is 396 g/mol. The number of halogens is 2. The summed E-state index contributed by atoms with van der Waals surface area (Å²) < 4.78 is 44.9. The number of rotatable bonds is 3. The Bertz CT molecular complexity index is 1120. The third-order valence-electron chi connectivity index (χ3n) is 5.25. The molecule has 5 rings (SSSR count). The summed E-state index contributed by atoms with van der Waals surface area (Å²) in [6.45, 7) is 1.87. The molecule has 7 heteroatoms. The van der Waals surface area contributed by atoms with Gasteiger partial charge in [0.05, 0.1) is 13.2 Å². The number of benzene rings is 2. The lowest BCUT2D eigenvalue weighted by Gasteiger charge is -2.38. The molecule has 148 valence electrons. The fourth-order valence-corrected chi connectivity index (χ4v) is 3.87. The van der Waals surface area contributed by atoms with Crippen molar-refractivity contribution in [2.24, 2.45) is 5.10 Å². The summed E-state index contributed by atoms with van der Waals surface area (Å²) in [6, 6.07) is 13.0. The van der Waals surface area contributed by atoms with Crippen LogP contribution in [0.4, 0.5) is 8.78 Å². The van der Waals surface area contributed by atoms with Crippen LogP contribution in [0, 0.1) is 18.6 Å². The van der Waals surface area contributed by atoms with E-state index in [4.69, 9.17) is 19.0 Å². The molecule has 3 heterocycles. The lowest BCUT2D eigenvalue weighted by molar-refractivity contribution is -0.0211. The van der Waals surface area contributed by atoms with Crippen molar-refractivity contribution in [1.29, 1.82) is 0 Å². The zero-order chi connectivity index (χ0) is 20.1. The van der Waals surface area contributed by atoms with E-state index in [9.17, 15) is 8.78 Å². The SMILES string of the molecule is COc1cccc2c1O[C@@H](c1ccc(F)c(F)c1)N1N=C(c3ccc(C)o3)C[C@H]21. The topological polar surface area (TPSA) is 47.2 Å². The van der Waals surface area contributed by atoms with Gasteiger partial charge in [-0.25, -0.2) is 13.8 Å². The summed E-state index contributed by atoms with van der Waals surface area (Å²) in [5.74, 6) is 0.804.